The summed E-state index contributed by atoms with van der Waals surface area (Å²) in [7, 11) is 0. The summed E-state index contributed by atoms with van der Waals surface area (Å²) in [5.74, 6) is 0.630. The number of azo groups is 1. The van der Waals surface area contributed by atoms with Crippen molar-refractivity contribution in [3.63, 3.8) is 0 Å². The quantitative estimate of drug-likeness (QED) is 0.0550. The summed E-state index contributed by atoms with van der Waals surface area (Å²) < 4.78 is 0. The maximum Gasteiger partial charge on any atom is 0.323 e. The molecule has 0 radical (unpaired) electrons. The van der Waals surface area contributed by atoms with Crippen LogP contribution < -0.4 is 21.6 Å². The number of benzene rings is 2. The molecule has 0 spiro atoms. The van der Waals surface area contributed by atoms with Gasteiger partial charge in [-0.15, -0.1) is 0 Å². The predicted molar refractivity (Wildman–Crippen MR) is 180 cm³/mol. The predicted octanol–water partition coefficient (Wildman–Crippen LogP) is 5.34. The maximum atomic E-state index is 12.9. The lowest BCUT2D eigenvalue weighted by molar-refractivity contribution is -0.126. The Morgan fingerprint density at radius 3 is 2.33 bits per heavy atom. The molecule has 0 aliphatic carbocycles. The van der Waals surface area contributed by atoms with Crippen LogP contribution in [-0.2, 0) is 16.0 Å². The molecule has 2 heterocycles. The standard InChI is InChI=1S/C32H43N11O3/c1-5-8-18-33-30-38-27(11-9-10-19-43(6-2)7-3)39-31(40-30)35-22-12-14-23(15-13-22)41-42-28(21(4)44)29(45)34-24-16-17-25-26(20-24)37-32(46)36-25/h12-17,20,28H,5-11,18-19H2,1-4H3,(H,34,45)(H2,36,37,46)(H2,33,35,38,39,40). The van der Waals surface area contributed by atoms with Crippen molar-refractivity contribution in [2.75, 3.05) is 42.1 Å². The second-order valence-corrected chi connectivity index (χ2v) is 10.9. The zero-order valence-corrected chi connectivity index (χ0v) is 26.9. The lowest BCUT2D eigenvalue weighted by Gasteiger charge is -2.17. The van der Waals surface area contributed by atoms with E-state index in [1.165, 1.54) is 6.92 Å². The molecule has 5 N–H and O–H groups in total. The zero-order chi connectivity index (χ0) is 32.9. The summed E-state index contributed by atoms with van der Waals surface area (Å²) in [4.78, 5) is 58.1. The molecule has 14 nitrogen and oxygen atoms in total. The minimum atomic E-state index is -1.34. The van der Waals surface area contributed by atoms with E-state index < -0.39 is 17.7 Å². The highest BCUT2D eigenvalue weighted by atomic mass is 16.2. The van der Waals surface area contributed by atoms with Crippen molar-refractivity contribution >= 4 is 51.7 Å². The van der Waals surface area contributed by atoms with Gasteiger partial charge < -0.3 is 30.8 Å². The summed E-state index contributed by atoms with van der Waals surface area (Å²) in [6.45, 7) is 11.7. The Balaban J connectivity index is 1.40. The molecule has 1 unspecified atom stereocenters. The first-order valence-electron chi connectivity index (χ1n) is 15.8. The normalized spacial score (nSPS) is 12.1. The number of aryl methyl sites for hydroxylation is 1. The number of aromatic nitrogens is 5. The number of hydrogen-bond donors (Lipinski definition) is 5. The number of carbonyl (C=O) groups excluding carboxylic acids is 2. The molecule has 0 aliphatic heterocycles. The first-order valence-corrected chi connectivity index (χ1v) is 15.8. The molecular formula is C32H43N11O3. The number of nitrogens with zero attached hydrogens (tertiary/aromatic N) is 6. The van der Waals surface area contributed by atoms with E-state index in [9.17, 15) is 14.4 Å². The van der Waals surface area contributed by atoms with Crippen LogP contribution >= 0.6 is 0 Å². The van der Waals surface area contributed by atoms with E-state index in [1.54, 1.807) is 42.5 Å². The number of Topliss-reactive ketones (excluding diaryl/α,β-unsaturated/α-hetero) is 1. The van der Waals surface area contributed by atoms with Crippen molar-refractivity contribution in [3.05, 3.63) is 58.8 Å². The number of nitrogens with one attached hydrogen (secondary N) is 5. The fourth-order valence-corrected chi connectivity index (χ4v) is 4.71. The van der Waals surface area contributed by atoms with Gasteiger partial charge in [0.1, 0.15) is 5.82 Å². The molecule has 0 saturated heterocycles. The van der Waals surface area contributed by atoms with Crippen molar-refractivity contribution in [1.82, 2.24) is 29.8 Å². The van der Waals surface area contributed by atoms with Gasteiger partial charge >= 0.3 is 5.69 Å². The molecule has 14 heteroatoms. The maximum absolute atomic E-state index is 12.9. The minimum Gasteiger partial charge on any atom is -0.354 e. The summed E-state index contributed by atoms with van der Waals surface area (Å²) in [6.07, 6.45) is 4.89. The van der Waals surface area contributed by atoms with Crippen LogP contribution in [0.25, 0.3) is 11.0 Å². The zero-order valence-electron chi connectivity index (χ0n) is 26.9. The first-order chi connectivity index (χ1) is 22.3. The van der Waals surface area contributed by atoms with Gasteiger partial charge in [-0.2, -0.15) is 25.2 Å². The third-order valence-corrected chi connectivity index (χ3v) is 7.34. The van der Waals surface area contributed by atoms with E-state index in [-0.39, 0.29) is 5.69 Å². The van der Waals surface area contributed by atoms with Crippen molar-refractivity contribution in [1.29, 1.82) is 0 Å². The number of carbonyl (C=O) groups is 2. The Bertz CT molecular complexity index is 1680. The number of unbranched alkanes of at least 4 members (excludes halogenated alkanes) is 2. The number of H-pyrrole nitrogens is 2. The number of ketones is 1. The summed E-state index contributed by atoms with van der Waals surface area (Å²) in [5.41, 5.74) is 2.38. The molecule has 0 aliphatic rings. The van der Waals surface area contributed by atoms with Gasteiger partial charge in [-0.25, -0.2) is 4.79 Å². The molecule has 2 aromatic heterocycles. The summed E-state index contributed by atoms with van der Waals surface area (Å²) in [5, 5.41) is 17.4. The number of anilines is 4. The van der Waals surface area contributed by atoms with Gasteiger partial charge in [0.25, 0.3) is 5.91 Å². The molecular weight excluding hydrogens is 586 g/mol. The monoisotopic (exact) mass is 629 g/mol. The molecule has 1 atom stereocenters. The van der Waals surface area contributed by atoms with Gasteiger partial charge in [0.2, 0.25) is 17.9 Å². The van der Waals surface area contributed by atoms with Crippen LogP contribution in [0.15, 0.2) is 57.5 Å². The van der Waals surface area contributed by atoms with E-state index >= 15 is 0 Å². The molecule has 0 bridgehead atoms. The highest BCUT2D eigenvalue weighted by Gasteiger charge is 2.23. The lowest BCUT2D eigenvalue weighted by Crippen LogP contribution is -2.31. The van der Waals surface area contributed by atoms with Gasteiger partial charge in [-0.3, -0.25) is 9.59 Å². The molecule has 0 saturated carbocycles. The van der Waals surface area contributed by atoms with Crippen molar-refractivity contribution in [3.8, 4) is 0 Å². The van der Waals surface area contributed by atoms with Crippen molar-refractivity contribution in [2.24, 2.45) is 10.2 Å². The average molecular weight is 630 g/mol. The van der Waals surface area contributed by atoms with Gasteiger partial charge in [0.05, 0.1) is 16.7 Å². The Morgan fingerprint density at radius 1 is 0.891 bits per heavy atom. The summed E-state index contributed by atoms with van der Waals surface area (Å²) >= 11 is 0. The number of amides is 1. The lowest BCUT2D eigenvalue weighted by atomic mass is 10.2. The number of imidazole rings is 1. The van der Waals surface area contributed by atoms with Gasteiger partial charge in [-0.05, 0) is 88.3 Å². The van der Waals surface area contributed by atoms with Crippen LogP contribution in [-0.4, -0.2) is 73.7 Å². The SMILES string of the molecule is CCCCNc1nc(CCCCN(CC)CC)nc(Nc2ccc(N=NC(C(C)=O)C(=O)Nc3ccc4[nH]c(=O)[nH]c4c3)cc2)n1. The van der Waals surface area contributed by atoms with Crippen molar-refractivity contribution in [2.45, 2.75) is 65.8 Å². The second-order valence-electron chi connectivity index (χ2n) is 10.9. The van der Waals surface area contributed by atoms with Gasteiger partial charge in [0.15, 0.2) is 5.78 Å². The van der Waals surface area contributed by atoms with Gasteiger partial charge in [0, 0.05) is 24.3 Å². The first kappa shape index (κ1) is 33.9. The van der Waals surface area contributed by atoms with Crippen LogP contribution in [0.4, 0.5) is 29.0 Å². The number of hydrogen-bond acceptors (Lipinski definition) is 11. The van der Waals surface area contributed by atoms with Crippen LogP contribution in [0.2, 0.25) is 0 Å². The van der Waals surface area contributed by atoms with E-state index in [4.69, 9.17) is 0 Å². The molecule has 4 aromatic rings. The minimum absolute atomic E-state index is 0.353. The molecule has 1 amide bonds. The van der Waals surface area contributed by atoms with Crippen LogP contribution in [0.3, 0.4) is 0 Å². The van der Waals surface area contributed by atoms with E-state index in [0.717, 1.165) is 69.8 Å². The fraction of sp³-hybridized carbons (Fsp3) is 0.438. The van der Waals surface area contributed by atoms with E-state index in [2.05, 4.69) is 76.8 Å². The molecule has 2 aromatic carbocycles. The Kier molecular flexibility index (Phi) is 12.5. The molecule has 4 rings (SSSR count). The Labute approximate surface area is 267 Å². The van der Waals surface area contributed by atoms with Crippen LogP contribution in [0.5, 0.6) is 0 Å². The smallest absolute Gasteiger partial charge is 0.323 e. The highest BCUT2D eigenvalue weighted by molar-refractivity contribution is 6.10. The van der Waals surface area contributed by atoms with Crippen LogP contribution in [0.1, 0.15) is 59.2 Å². The summed E-state index contributed by atoms with van der Waals surface area (Å²) in [6, 6.07) is 10.5. The molecule has 244 valence electrons. The third kappa shape index (κ3) is 10.0. The Hall–Kier alpha value is -4.98. The highest BCUT2D eigenvalue weighted by Crippen LogP contribution is 2.21. The van der Waals surface area contributed by atoms with E-state index in [0.29, 0.717) is 34.3 Å². The van der Waals surface area contributed by atoms with Gasteiger partial charge in [-0.1, -0.05) is 27.2 Å². The fourth-order valence-electron chi connectivity index (χ4n) is 4.71. The average Bonchev–Trinajstić information content (AvgIpc) is 3.41. The molecule has 0 fully saturated rings. The Morgan fingerprint density at radius 2 is 1.61 bits per heavy atom. The largest absolute Gasteiger partial charge is 0.354 e. The van der Waals surface area contributed by atoms with Crippen molar-refractivity contribution < 1.29 is 9.59 Å². The number of aromatic amines is 2. The third-order valence-electron chi connectivity index (χ3n) is 7.34. The second kappa shape index (κ2) is 16.9. The number of rotatable bonds is 18. The van der Waals surface area contributed by atoms with E-state index in [1.807, 2.05) is 0 Å². The number of fused-ring (bicyclic) bond motifs is 1. The van der Waals surface area contributed by atoms with Crippen LogP contribution in [0, 0.1) is 0 Å². The topological polar surface area (TPSA) is 186 Å². The molecule has 46 heavy (non-hydrogen) atoms.